The van der Waals surface area contributed by atoms with Crippen LogP contribution < -0.4 is 10.2 Å². The molecule has 19 heavy (non-hydrogen) atoms. The summed E-state index contributed by atoms with van der Waals surface area (Å²) in [5.41, 5.74) is 0.491. The van der Waals surface area contributed by atoms with Crippen LogP contribution in [0.4, 0.5) is 5.69 Å². The first kappa shape index (κ1) is 13.8. The molecule has 1 aromatic carbocycles. The van der Waals surface area contributed by atoms with E-state index in [0.717, 1.165) is 0 Å². The molecule has 0 aromatic heterocycles. The largest absolute Gasteiger partial charge is 0.497 e. The molecule has 0 bridgehead atoms. The Morgan fingerprint density at radius 1 is 1.37 bits per heavy atom. The van der Waals surface area contributed by atoms with Gasteiger partial charge < -0.3 is 14.0 Å². The van der Waals surface area contributed by atoms with Gasteiger partial charge in [0.05, 0.1) is 12.0 Å². The molecule has 6 nitrogen and oxygen atoms in total. The Balaban J connectivity index is 2.27. The summed E-state index contributed by atoms with van der Waals surface area (Å²) in [4.78, 5) is 10.4. The summed E-state index contributed by atoms with van der Waals surface area (Å²) < 4.78 is 16.5. The zero-order valence-electron chi connectivity index (χ0n) is 11.2. The van der Waals surface area contributed by atoms with Crippen molar-refractivity contribution in [1.82, 2.24) is 0 Å². The predicted octanol–water partition coefficient (Wildman–Crippen LogP) is 1.37. The number of benzene rings is 1. The van der Waals surface area contributed by atoms with E-state index in [4.69, 9.17) is 14.0 Å². The summed E-state index contributed by atoms with van der Waals surface area (Å²) in [5.74, 6) is 0.523. The molecule has 0 N–H and O–H groups in total. The lowest BCUT2D eigenvalue weighted by atomic mass is 9.75. The maximum atomic E-state index is 10.8. The van der Waals surface area contributed by atoms with Crippen LogP contribution in [0.3, 0.4) is 0 Å². The molecular formula is C12H16BNO5. The van der Waals surface area contributed by atoms with Gasteiger partial charge in [0, 0.05) is 36.2 Å². The highest BCUT2D eigenvalue weighted by atomic mass is 16.6. The second kappa shape index (κ2) is 5.18. The van der Waals surface area contributed by atoms with E-state index in [1.54, 1.807) is 6.07 Å². The van der Waals surface area contributed by atoms with Crippen LogP contribution in [0.1, 0.15) is 13.8 Å². The first-order chi connectivity index (χ1) is 8.93. The van der Waals surface area contributed by atoms with Crippen molar-refractivity contribution in [2.45, 2.75) is 13.8 Å². The van der Waals surface area contributed by atoms with Gasteiger partial charge in [-0.2, -0.15) is 0 Å². The lowest BCUT2D eigenvalue weighted by Crippen LogP contribution is -2.47. The van der Waals surface area contributed by atoms with Crippen LogP contribution in [0.15, 0.2) is 18.2 Å². The second-order valence-corrected chi connectivity index (χ2v) is 5.30. The first-order valence-corrected chi connectivity index (χ1v) is 5.98. The molecule has 1 saturated heterocycles. The van der Waals surface area contributed by atoms with E-state index in [-0.39, 0.29) is 11.1 Å². The lowest BCUT2D eigenvalue weighted by Gasteiger charge is -2.33. The third kappa shape index (κ3) is 3.05. The fourth-order valence-corrected chi connectivity index (χ4v) is 1.89. The van der Waals surface area contributed by atoms with Gasteiger partial charge in [0.1, 0.15) is 5.75 Å². The number of non-ortho nitro benzene ring substituents is 1. The summed E-state index contributed by atoms with van der Waals surface area (Å²) in [6, 6.07) is 4.39. The summed E-state index contributed by atoms with van der Waals surface area (Å²) in [6.45, 7) is 5.13. The Morgan fingerprint density at radius 3 is 2.53 bits per heavy atom. The molecule has 0 saturated carbocycles. The van der Waals surface area contributed by atoms with E-state index in [1.807, 2.05) is 13.8 Å². The molecule has 0 spiro atoms. The van der Waals surface area contributed by atoms with Crippen molar-refractivity contribution in [1.29, 1.82) is 0 Å². The Labute approximate surface area is 112 Å². The van der Waals surface area contributed by atoms with Crippen molar-refractivity contribution in [2.24, 2.45) is 5.41 Å². The molecule has 1 aromatic rings. The molecule has 7 heteroatoms. The van der Waals surface area contributed by atoms with Gasteiger partial charge in [-0.1, -0.05) is 13.8 Å². The quantitative estimate of drug-likeness (QED) is 0.469. The summed E-state index contributed by atoms with van der Waals surface area (Å²) >= 11 is 0. The molecule has 1 aliphatic heterocycles. The van der Waals surface area contributed by atoms with Gasteiger partial charge in [0.15, 0.2) is 0 Å². The number of hydrogen-bond acceptors (Lipinski definition) is 5. The van der Waals surface area contributed by atoms with Crippen LogP contribution >= 0.6 is 0 Å². The number of hydrogen-bond donors (Lipinski definition) is 0. The second-order valence-electron chi connectivity index (χ2n) is 5.30. The summed E-state index contributed by atoms with van der Waals surface area (Å²) in [7, 11) is 0.889. The monoisotopic (exact) mass is 265 g/mol. The van der Waals surface area contributed by atoms with E-state index in [0.29, 0.717) is 24.4 Å². The Bertz CT molecular complexity index is 481. The maximum Gasteiger partial charge on any atom is 0.497 e. The minimum atomic E-state index is -0.622. The molecule has 0 radical (unpaired) electrons. The highest BCUT2D eigenvalue weighted by Gasteiger charge is 2.36. The number of rotatable bonds is 3. The number of nitro benzene ring substituents is 1. The van der Waals surface area contributed by atoms with Crippen LogP contribution in [-0.2, 0) is 9.31 Å². The van der Waals surface area contributed by atoms with Gasteiger partial charge in [-0.3, -0.25) is 10.1 Å². The minimum absolute atomic E-state index is 0.00664. The molecular weight excluding hydrogens is 249 g/mol. The zero-order chi connectivity index (χ0) is 14.0. The molecule has 0 unspecified atom stereocenters. The maximum absolute atomic E-state index is 10.8. The van der Waals surface area contributed by atoms with Crippen LogP contribution in [0.25, 0.3) is 0 Å². The summed E-state index contributed by atoms with van der Waals surface area (Å²) in [6.07, 6.45) is 0. The molecule has 1 aliphatic rings. The number of methoxy groups -OCH3 is 1. The van der Waals surface area contributed by atoms with Crippen molar-refractivity contribution in [3.8, 4) is 5.75 Å². The van der Waals surface area contributed by atoms with E-state index in [1.165, 1.54) is 19.2 Å². The molecule has 1 heterocycles. The predicted molar refractivity (Wildman–Crippen MR) is 70.7 cm³/mol. The van der Waals surface area contributed by atoms with Crippen LogP contribution in [-0.4, -0.2) is 32.4 Å². The van der Waals surface area contributed by atoms with Gasteiger partial charge in [0.25, 0.3) is 5.69 Å². The van der Waals surface area contributed by atoms with E-state index in [9.17, 15) is 10.1 Å². The zero-order valence-corrected chi connectivity index (χ0v) is 11.2. The lowest BCUT2D eigenvalue weighted by molar-refractivity contribution is -0.384. The first-order valence-electron chi connectivity index (χ1n) is 5.98. The highest BCUT2D eigenvalue weighted by Crippen LogP contribution is 2.24. The van der Waals surface area contributed by atoms with E-state index in [2.05, 4.69) is 0 Å². The summed E-state index contributed by atoms with van der Waals surface area (Å²) in [5, 5.41) is 10.8. The third-order valence-corrected chi connectivity index (χ3v) is 2.93. The van der Waals surface area contributed by atoms with Crippen molar-refractivity contribution in [3.05, 3.63) is 28.3 Å². The van der Waals surface area contributed by atoms with Crippen LogP contribution in [0.5, 0.6) is 5.75 Å². The van der Waals surface area contributed by atoms with Gasteiger partial charge in [0.2, 0.25) is 0 Å². The normalized spacial score (nSPS) is 18.2. The molecule has 2 rings (SSSR count). The topological polar surface area (TPSA) is 70.8 Å². The fraction of sp³-hybridized carbons (Fsp3) is 0.500. The number of nitrogens with zero attached hydrogens (tertiary/aromatic N) is 1. The molecule has 0 atom stereocenters. The van der Waals surface area contributed by atoms with Gasteiger partial charge in [-0.05, 0) is 6.07 Å². The van der Waals surface area contributed by atoms with Crippen molar-refractivity contribution >= 4 is 18.3 Å². The van der Waals surface area contributed by atoms with E-state index >= 15 is 0 Å². The van der Waals surface area contributed by atoms with Crippen LogP contribution in [0.2, 0.25) is 0 Å². The van der Waals surface area contributed by atoms with E-state index < -0.39 is 12.0 Å². The van der Waals surface area contributed by atoms with Crippen molar-refractivity contribution < 1.29 is 19.0 Å². The SMILES string of the molecule is COc1ccc([N+](=O)[O-])cc1B1OCC(C)(C)CO1. The Hall–Kier alpha value is -1.60. The van der Waals surface area contributed by atoms with Crippen molar-refractivity contribution in [3.63, 3.8) is 0 Å². The van der Waals surface area contributed by atoms with Crippen molar-refractivity contribution in [2.75, 3.05) is 20.3 Å². The van der Waals surface area contributed by atoms with Gasteiger partial charge in [-0.25, -0.2) is 0 Å². The average molecular weight is 265 g/mol. The third-order valence-electron chi connectivity index (χ3n) is 2.93. The Morgan fingerprint density at radius 2 is 2.00 bits per heavy atom. The van der Waals surface area contributed by atoms with Gasteiger partial charge >= 0.3 is 7.12 Å². The average Bonchev–Trinajstić information content (AvgIpc) is 2.38. The molecule has 1 fully saturated rings. The smallest absolute Gasteiger partial charge is 0.497 e. The number of ether oxygens (including phenoxy) is 1. The molecule has 0 amide bonds. The molecule has 102 valence electrons. The van der Waals surface area contributed by atoms with Gasteiger partial charge in [-0.15, -0.1) is 0 Å². The molecule has 0 aliphatic carbocycles. The Kier molecular flexibility index (Phi) is 3.77. The fourth-order valence-electron chi connectivity index (χ4n) is 1.89. The highest BCUT2D eigenvalue weighted by molar-refractivity contribution is 6.62. The standard InChI is InChI=1S/C12H16BNO5/c1-12(2)7-18-13(19-8-12)10-6-9(14(15)16)4-5-11(10)17-3/h4-6H,7-8H2,1-3H3. The number of nitro groups is 1. The van der Waals surface area contributed by atoms with Crippen LogP contribution in [0, 0.1) is 15.5 Å². The minimum Gasteiger partial charge on any atom is -0.497 e.